The molecule has 0 atom stereocenters. The molecule has 7 nitrogen and oxygen atoms in total. The van der Waals surface area contributed by atoms with Crippen LogP contribution < -0.4 is 10.9 Å². The average Bonchev–Trinajstić information content (AvgIpc) is 3.60. The number of rotatable bonds is 8. The summed E-state index contributed by atoms with van der Waals surface area (Å²) < 4.78 is 1.59. The minimum absolute atomic E-state index is 0.0952. The maximum Gasteiger partial charge on any atom is 0.263 e. The molecule has 4 rings (SSSR count). The van der Waals surface area contributed by atoms with Gasteiger partial charge in [-0.3, -0.25) is 14.4 Å². The number of pyridine rings is 1. The molecule has 2 amide bonds. The van der Waals surface area contributed by atoms with Gasteiger partial charge in [0.05, 0.1) is 6.61 Å². The third kappa shape index (κ3) is 5.05. The highest BCUT2D eigenvalue weighted by molar-refractivity contribution is 5.95. The summed E-state index contributed by atoms with van der Waals surface area (Å²) in [6.45, 7) is 1.30. The number of carbonyl (C=O) groups is 2. The fourth-order valence-electron chi connectivity index (χ4n) is 4.17. The van der Waals surface area contributed by atoms with E-state index in [1.165, 1.54) is 0 Å². The summed E-state index contributed by atoms with van der Waals surface area (Å²) in [7, 11) is 0. The molecule has 2 aliphatic rings. The Kier molecular flexibility index (Phi) is 6.51. The monoisotopic (exact) mass is 423 g/mol. The smallest absolute Gasteiger partial charge is 0.263 e. The number of aliphatic hydroxyl groups is 1. The van der Waals surface area contributed by atoms with E-state index in [0.29, 0.717) is 44.8 Å². The third-order valence-electron chi connectivity index (χ3n) is 6.09. The Morgan fingerprint density at radius 1 is 1.16 bits per heavy atom. The van der Waals surface area contributed by atoms with Crippen LogP contribution in [0.1, 0.15) is 46.3 Å². The topological polar surface area (TPSA) is 91.6 Å². The van der Waals surface area contributed by atoms with Gasteiger partial charge in [0.2, 0.25) is 5.91 Å². The summed E-state index contributed by atoms with van der Waals surface area (Å²) in [6, 6.07) is 9.89. The van der Waals surface area contributed by atoms with E-state index in [4.69, 9.17) is 5.11 Å². The number of aromatic nitrogens is 1. The van der Waals surface area contributed by atoms with E-state index in [-0.39, 0.29) is 30.2 Å². The molecule has 0 radical (unpaired) electrons. The van der Waals surface area contributed by atoms with Gasteiger partial charge in [-0.1, -0.05) is 30.3 Å². The van der Waals surface area contributed by atoms with E-state index in [9.17, 15) is 14.4 Å². The zero-order chi connectivity index (χ0) is 21.8. The van der Waals surface area contributed by atoms with Crippen LogP contribution in [0.2, 0.25) is 0 Å². The summed E-state index contributed by atoms with van der Waals surface area (Å²) in [5, 5.41) is 11.7. The number of hydrogen-bond donors (Lipinski definition) is 2. The number of carbonyl (C=O) groups excluding carboxylic acids is 2. The van der Waals surface area contributed by atoms with Crippen LogP contribution in [-0.2, 0) is 30.7 Å². The summed E-state index contributed by atoms with van der Waals surface area (Å²) in [6.07, 6.45) is 5.82. The number of fused-ring (bicyclic) bond motifs is 1. The zero-order valence-corrected chi connectivity index (χ0v) is 17.7. The first kappa shape index (κ1) is 21.3. The van der Waals surface area contributed by atoms with Crippen molar-refractivity contribution in [3.63, 3.8) is 0 Å². The van der Waals surface area contributed by atoms with Gasteiger partial charge in [0.1, 0.15) is 5.56 Å². The SMILES string of the molecule is O=C(NCCO)c1c2c(cn(CCc3ccccc3)c1=O)CN(C(=O)CC1CC1)CC2. The molecule has 1 aliphatic carbocycles. The van der Waals surface area contributed by atoms with Crippen LogP contribution in [0.15, 0.2) is 41.3 Å². The van der Waals surface area contributed by atoms with Gasteiger partial charge >= 0.3 is 0 Å². The van der Waals surface area contributed by atoms with Gasteiger partial charge in [-0.15, -0.1) is 0 Å². The Hall–Kier alpha value is -2.93. The first-order chi connectivity index (χ1) is 15.1. The van der Waals surface area contributed by atoms with Crippen molar-refractivity contribution in [2.75, 3.05) is 19.7 Å². The molecule has 1 aliphatic heterocycles. The van der Waals surface area contributed by atoms with Crippen molar-refractivity contribution in [2.45, 2.75) is 45.2 Å². The quantitative estimate of drug-likeness (QED) is 0.673. The fourth-order valence-corrected chi connectivity index (χ4v) is 4.17. The van der Waals surface area contributed by atoms with Crippen molar-refractivity contribution in [3.8, 4) is 0 Å². The minimum atomic E-state index is -0.456. The minimum Gasteiger partial charge on any atom is -0.395 e. The van der Waals surface area contributed by atoms with Crippen molar-refractivity contribution in [1.82, 2.24) is 14.8 Å². The van der Waals surface area contributed by atoms with Crippen LogP contribution in [0, 0.1) is 5.92 Å². The van der Waals surface area contributed by atoms with E-state index >= 15 is 0 Å². The van der Waals surface area contributed by atoms with Gasteiger partial charge in [0.25, 0.3) is 11.5 Å². The van der Waals surface area contributed by atoms with Crippen LogP contribution in [-0.4, -0.2) is 46.1 Å². The average molecular weight is 424 g/mol. The standard InChI is InChI=1S/C24H29N3O4/c28-13-10-25-23(30)22-20-9-12-26(21(29)14-18-6-7-18)15-19(20)16-27(24(22)31)11-8-17-4-2-1-3-5-17/h1-5,16,18,28H,6-15H2,(H,25,30). The lowest BCUT2D eigenvalue weighted by Crippen LogP contribution is -2.42. The van der Waals surface area contributed by atoms with Crippen molar-refractivity contribution < 1.29 is 14.7 Å². The highest BCUT2D eigenvalue weighted by Gasteiger charge is 2.31. The summed E-state index contributed by atoms with van der Waals surface area (Å²) in [5.74, 6) is 0.220. The van der Waals surface area contributed by atoms with E-state index in [2.05, 4.69) is 5.32 Å². The zero-order valence-electron chi connectivity index (χ0n) is 17.7. The number of benzene rings is 1. The number of nitrogens with zero attached hydrogens (tertiary/aromatic N) is 2. The molecular formula is C24H29N3O4. The predicted molar refractivity (Wildman–Crippen MR) is 117 cm³/mol. The van der Waals surface area contributed by atoms with Crippen LogP contribution in [0.25, 0.3) is 0 Å². The molecule has 7 heteroatoms. The number of aliphatic hydroxyl groups excluding tert-OH is 1. The Labute approximate surface area is 181 Å². The fraction of sp³-hybridized carbons (Fsp3) is 0.458. The number of hydrogen-bond acceptors (Lipinski definition) is 4. The largest absolute Gasteiger partial charge is 0.395 e. The van der Waals surface area contributed by atoms with E-state index in [1.54, 1.807) is 4.57 Å². The van der Waals surface area contributed by atoms with Crippen LogP contribution >= 0.6 is 0 Å². The number of amides is 2. The van der Waals surface area contributed by atoms with Gasteiger partial charge in [-0.05, 0) is 48.3 Å². The second-order valence-electron chi connectivity index (χ2n) is 8.43. The normalized spacial score (nSPS) is 15.5. The second-order valence-corrected chi connectivity index (χ2v) is 8.43. The predicted octanol–water partition coefficient (Wildman–Crippen LogP) is 1.50. The van der Waals surface area contributed by atoms with Gasteiger partial charge < -0.3 is 19.9 Å². The molecule has 0 saturated heterocycles. The van der Waals surface area contributed by atoms with Gasteiger partial charge in [0.15, 0.2) is 0 Å². The molecule has 2 aromatic rings. The highest BCUT2D eigenvalue weighted by atomic mass is 16.3. The second kappa shape index (κ2) is 9.47. The molecule has 1 fully saturated rings. The Morgan fingerprint density at radius 2 is 1.94 bits per heavy atom. The molecule has 0 bridgehead atoms. The molecule has 1 saturated carbocycles. The first-order valence-corrected chi connectivity index (χ1v) is 11.0. The highest BCUT2D eigenvalue weighted by Crippen LogP contribution is 2.33. The van der Waals surface area contributed by atoms with E-state index in [1.807, 2.05) is 41.4 Å². The molecule has 164 valence electrons. The van der Waals surface area contributed by atoms with Crippen molar-refractivity contribution in [1.29, 1.82) is 0 Å². The first-order valence-electron chi connectivity index (χ1n) is 11.0. The lowest BCUT2D eigenvalue weighted by molar-refractivity contribution is -0.132. The summed E-state index contributed by atoms with van der Waals surface area (Å²) in [4.78, 5) is 40.5. The van der Waals surface area contributed by atoms with Gasteiger partial charge in [-0.25, -0.2) is 0 Å². The van der Waals surface area contributed by atoms with E-state index < -0.39 is 5.91 Å². The molecule has 31 heavy (non-hydrogen) atoms. The molecule has 1 aromatic carbocycles. The van der Waals surface area contributed by atoms with Gasteiger partial charge in [0, 0.05) is 38.8 Å². The maximum absolute atomic E-state index is 13.2. The van der Waals surface area contributed by atoms with Crippen LogP contribution in [0.4, 0.5) is 0 Å². The van der Waals surface area contributed by atoms with Crippen LogP contribution in [0.5, 0.6) is 0 Å². The Bertz CT molecular complexity index is 1010. The molecular weight excluding hydrogens is 394 g/mol. The molecule has 1 aromatic heterocycles. The number of aryl methyl sites for hydroxylation is 2. The van der Waals surface area contributed by atoms with Crippen molar-refractivity contribution in [3.05, 3.63) is 69.1 Å². The van der Waals surface area contributed by atoms with Crippen LogP contribution in [0.3, 0.4) is 0 Å². The lowest BCUT2D eigenvalue weighted by atomic mass is 9.95. The van der Waals surface area contributed by atoms with Crippen molar-refractivity contribution >= 4 is 11.8 Å². The van der Waals surface area contributed by atoms with Crippen molar-refractivity contribution in [2.24, 2.45) is 5.92 Å². The molecule has 2 heterocycles. The Balaban J connectivity index is 1.62. The van der Waals surface area contributed by atoms with Gasteiger partial charge in [-0.2, -0.15) is 0 Å². The third-order valence-corrected chi connectivity index (χ3v) is 6.09. The molecule has 2 N–H and O–H groups in total. The lowest BCUT2D eigenvalue weighted by Gasteiger charge is -2.30. The number of nitrogens with one attached hydrogen (secondary N) is 1. The molecule has 0 unspecified atom stereocenters. The summed E-state index contributed by atoms with van der Waals surface area (Å²) in [5.41, 5.74) is 2.53. The maximum atomic E-state index is 13.2. The Morgan fingerprint density at radius 3 is 2.65 bits per heavy atom. The van der Waals surface area contributed by atoms with E-state index in [0.717, 1.165) is 29.5 Å². The molecule has 0 spiro atoms. The summed E-state index contributed by atoms with van der Waals surface area (Å²) >= 11 is 0.